The normalized spacial score (nSPS) is 9.27. The van der Waals surface area contributed by atoms with Crippen molar-refractivity contribution in [3.63, 3.8) is 0 Å². The Balaban J connectivity index is 3.40. The Bertz CT molecular complexity index is 295. The van der Waals surface area contributed by atoms with Gasteiger partial charge in [-0.25, -0.2) is 0 Å². The molecule has 0 saturated carbocycles. The Hall–Kier alpha value is -0.312. The number of rotatable bonds is 0. The molecule has 0 heterocycles. The quantitative estimate of drug-likeness (QED) is 0.690. The zero-order chi connectivity index (χ0) is 8.43. The molecule has 1 aromatic carbocycles. The van der Waals surface area contributed by atoms with E-state index in [1.165, 1.54) is 41.4 Å². The van der Waals surface area contributed by atoms with Crippen LogP contribution in [0.25, 0.3) is 0 Å². The van der Waals surface area contributed by atoms with Crippen molar-refractivity contribution in [3.8, 4) is 4.20 Å². The van der Waals surface area contributed by atoms with E-state index < -0.39 is 0 Å². The predicted octanol–water partition coefficient (Wildman–Crippen LogP) is 2.47. The van der Waals surface area contributed by atoms with Gasteiger partial charge in [-0.15, -0.1) is 0 Å². The van der Waals surface area contributed by atoms with Gasteiger partial charge in [-0.2, -0.15) is 0 Å². The van der Waals surface area contributed by atoms with Gasteiger partial charge in [-0.3, -0.25) is 0 Å². The molecule has 1 aromatic rings. The first-order valence-corrected chi connectivity index (χ1v) is 5.08. The molecule has 0 atom stereocenters. The molecule has 0 aliphatic heterocycles. The van der Waals surface area contributed by atoms with Crippen LogP contribution >= 0.6 is 0 Å². The fourth-order valence-corrected chi connectivity index (χ4v) is 2.50. The Morgan fingerprint density at radius 1 is 1.09 bits per heavy atom. The average Bonchev–Trinajstić information content (AvgIpc) is 1.85. The fraction of sp³-hybridized carbons (Fsp3) is 0.300. The molecule has 0 N–H and O–H groups in total. The summed E-state index contributed by atoms with van der Waals surface area (Å²) in [5, 5.41) is 0. The van der Waals surface area contributed by atoms with E-state index in [0.29, 0.717) is 0 Å². The molecule has 0 aromatic heterocycles. The monoisotopic (exact) mass is 315 g/mol. The molecule has 0 saturated heterocycles. The first kappa shape index (κ1) is 8.78. The van der Waals surface area contributed by atoms with Crippen LogP contribution in [0.3, 0.4) is 0 Å². The van der Waals surface area contributed by atoms with E-state index in [9.17, 15) is 0 Å². The summed E-state index contributed by atoms with van der Waals surface area (Å²) in [7, 11) is 0. The predicted molar refractivity (Wildman–Crippen MR) is 43.6 cm³/mol. The summed E-state index contributed by atoms with van der Waals surface area (Å²) < 4.78 is 3.27. The van der Waals surface area contributed by atoms with E-state index >= 15 is 0 Å². The molecule has 0 aliphatic rings. The van der Waals surface area contributed by atoms with Crippen LogP contribution < -0.4 is 0 Å². The maximum absolute atomic E-state index is 3.27. The molecule has 0 fully saturated rings. The van der Waals surface area contributed by atoms with Crippen molar-refractivity contribution in [3.05, 3.63) is 34.4 Å². The van der Waals surface area contributed by atoms with Crippen LogP contribution in [0.1, 0.15) is 22.3 Å². The van der Waals surface area contributed by atoms with Gasteiger partial charge in [0.05, 0.1) is 0 Å². The van der Waals surface area contributed by atoms with Gasteiger partial charge in [0.15, 0.2) is 0 Å². The van der Waals surface area contributed by atoms with Crippen LogP contribution in [0.15, 0.2) is 12.1 Å². The minimum absolute atomic E-state index is 1.30. The van der Waals surface area contributed by atoms with Crippen LogP contribution in [0.4, 0.5) is 0 Å². The van der Waals surface area contributed by atoms with E-state index in [2.05, 4.69) is 37.1 Å². The molecular weight excluding hydrogens is 304 g/mol. The van der Waals surface area contributed by atoms with Crippen LogP contribution in [0, 0.1) is 25.0 Å². The van der Waals surface area contributed by atoms with Crippen molar-refractivity contribution in [2.75, 3.05) is 0 Å². The van der Waals surface area contributed by atoms with Gasteiger partial charge in [0, 0.05) is 0 Å². The second-order valence-corrected chi connectivity index (χ2v) is 3.61. The van der Waals surface area contributed by atoms with Crippen LogP contribution in [-0.4, -0.2) is 0 Å². The first-order valence-electron chi connectivity index (χ1n) is 3.61. The van der Waals surface area contributed by atoms with E-state index in [-0.39, 0.29) is 0 Å². The van der Waals surface area contributed by atoms with Gasteiger partial charge in [0.25, 0.3) is 0 Å². The molecular formula is C10H11W+. The van der Waals surface area contributed by atoms with Gasteiger partial charge in [-0.1, -0.05) is 0 Å². The summed E-state index contributed by atoms with van der Waals surface area (Å²) in [6.45, 7) is 6.42. The topological polar surface area (TPSA) is 0 Å². The summed E-state index contributed by atoms with van der Waals surface area (Å²) in [5.41, 5.74) is 5.33. The number of aryl methyl sites for hydroxylation is 3. The van der Waals surface area contributed by atoms with Crippen LogP contribution in [0.5, 0.6) is 0 Å². The summed E-state index contributed by atoms with van der Waals surface area (Å²) in [6, 6.07) is 4.41. The third kappa shape index (κ3) is 1.83. The Morgan fingerprint density at radius 2 is 1.55 bits per heavy atom. The van der Waals surface area contributed by atoms with Crippen molar-refractivity contribution in [1.82, 2.24) is 0 Å². The molecule has 0 spiro atoms. The molecule has 0 amide bonds. The van der Waals surface area contributed by atoms with Crippen molar-refractivity contribution in [1.29, 1.82) is 0 Å². The van der Waals surface area contributed by atoms with E-state index in [4.69, 9.17) is 0 Å². The van der Waals surface area contributed by atoms with E-state index in [0.717, 1.165) is 0 Å². The molecule has 56 valence electrons. The summed E-state index contributed by atoms with van der Waals surface area (Å²) >= 11 is 1.40. The van der Waals surface area contributed by atoms with Gasteiger partial charge in [0.1, 0.15) is 0 Å². The minimum atomic E-state index is 1.30. The zero-order valence-electron chi connectivity index (χ0n) is 7.06. The van der Waals surface area contributed by atoms with Crippen molar-refractivity contribution < 1.29 is 19.2 Å². The average molecular weight is 315 g/mol. The SMILES string of the molecule is Cc1cc(C)c([C]#[W+])c(C)c1. The molecule has 11 heavy (non-hydrogen) atoms. The van der Waals surface area contributed by atoms with E-state index in [1.807, 2.05) is 0 Å². The Kier molecular flexibility index (Phi) is 2.71. The fourth-order valence-electron chi connectivity index (χ4n) is 1.34. The molecule has 1 heteroatoms. The third-order valence-electron chi connectivity index (χ3n) is 1.78. The van der Waals surface area contributed by atoms with Gasteiger partial charge in [0.2, 0.25) is 0 Å². The van der Waals surface area contributed by atoms with Crippen molar-refractivity contribution in [2.24, 2.45) is 0 Å². The van der Waals surface area contributed by atoms with Gasteiger partial charge in [-0.05, 0) is 0 Å². The summed E-state index contributed by atoms with van der Waals surface area (Å²) in [5.74, 6) is 0. The summed E-state index contributed by atoms with van der Waals surface area (Å²) in [4.78, 5) is 0. The second-order valence-electron chi connectivity index (χ2n) is 2.88. The van der Waals surface area contributed by atoms with Gasteiger partial charge < -0.3 is 0 Å². The van der Waals surface area contributed by atoms with Gasteiger partial charge >= 0.3 is 78.5 Å². The van der Waals surface area contributed by atoms with E-state index in [1.54, 1.807) is 0 Å². The van der Waals surface area contributed by atoms with Crippen molar-refractivity contribution in [2.45, 2.75) is 20.8 Å². The number of hydrogen-bond acceptors (Lipinski definition) is 0. The molecule has 0 bridgehead atoms. The second kappa shape index (κ2) is 3.39. The third-order valence-corrected chi connectivity index (χ3v) is 2.51. The molecule has 1 rings (SSSR count). The first-order chi connectivity index (χ1) is 5.15. The standard InChI is InChI=1S/C10H11.W/c1-7-5-8(2)10(4)9(3)6-7;/h5-6H,1-3H3;/q;+1. The maximum atomic E-state index is 3.27. The zero-order valence-corrected chi connectivity index (χ0v) is 10.00. The molecule has 0 aliphatic carbocycles. The van der Waals surface area contributed by atoms with Crippen molar-refractivity contribution >= 4 is 0 Å². The summed E-state index contributed by atoms with van der Waals surface area (Å²) in [6.07, 6.45) is 0. The number of benzene rings is 1. The Morgan fingerprint density at radius 3 is 1.91 bits per heavy atom. The molecule has 0 radical (unpaired) electrons. The Labute approximate surface area is 78.6 Å². The van der Waals surface area contributed by atoms with Crippen LogP contribution in [-0.2, 0) is 19.2 Å². The molecule has 0 unspecified atom stereocenters. The number of hydrogen-bond donors (Lipinski definition) is 0. The van der Waals surface area contributed by atoms with Crippen LogP contribution in [0.2, 0.25) is 0 Å². The molecule has 0 nitrogen and oxygen atoms in total.